The van der Waals surface area contributed by atoms with Crippen molar-refractivity contribution < 1.29 is 27.4 Å². The molecule has 2 N–H and O–H groups in total. The van der Waals surface area contributed by atoms with Gasteiger partial charge in [0.1, 0.15) is 22.3 Å². The molecule has 0 unspecified atom stereocenters. The maximum Gasteiger partial charge on any atom is 0.335 e. The van der Waals surface area contributed by atoms with E-state index in [2.05, 4.69) is 14.9 Å². The first-order chi connectivity index (χ1) is 15.3. The molecule has 0 amide bonds. The zero-order chi connectivity index (χ0) is 22.9. The summed E-state index contributed by atoms with van der Waals surface area (Å²) in [6.45, 7) is 0.659. The molecular formula is C21H21FN4O5S. The SMILES string of the molecule is COc1ccc(C(=O)O)cc1S(=O)(=O)Nc1ccc(F)c(-c2nnc3n2CCCCC3)c1. The number of anilines is 1. The fraction of sp³-hybridized carbons (Fsp3) is 0.286. The van der Waals surface area contributed by atoms with E-state index in [1.165, 1.54) is 31.4 Å². The first-order valence-corrected chi connectivity index (χ1v) is 11.4. The monoisotopic (exact) mass is 460 g/mol. The second kappa shape index (κ2) is 8.58. The summed E-state index contributed by atoms with van der Waals surface area (Å²) in [5.41, 5.74) is 0.00405. The second-order valence-corrected chi connectivity index (χ2v) is 9.02. The highest BCUT2D eigenvalue weighted by Gasteiger charge is 2.24. The minimum Gasteiger partial charge on any atom is -0.495 e. The van der Waals surface area contributed by atoms with Crippen LogP contribution in [0.3, 0.4) is 0 Å². The van der Waals surface area contributed by atoms with Gasteiger partial charge in [-0.05, 0) is 49.2 Å². The fourth-order valence-corrected chi connectivity index (χ4v) is 4.92. The van der Waals surface area contributed by atoms with E-state index in [1.807, 2.05) is 4.57 Å². The van der Waals surface area contributed by atoms with E-state index in [-0.39, 0.29) is 27.5 Å². The largest absolute Gasteiger partial charge is 0.495 e. The summed E-state index contributed by atoms with van der Waals surface area (Å²) >= 11 is 0. The van der Waals surface area contributed by atoms with Crippen molar-refractivity contribution in [3.63, 3.8) is 0 Å². The first kappa shape index (κ1) is 21.8. The van der Waals surface area contributed by atoms with Crippen molar-refractivity contribution in [1.82, 2.24) is 14.8 Å². The van der Waals surface area contributed by atoms with E-state index in [0.29, 0.717) is 12.4 Å². The third-order valence-electron chi connectivity index (χ3n) is 5.27. The van der Waals surface area contributed by atoms with E-state index in [0.717, 1.165) is 43.6 Å². The third-order valence-corrected chi connectivity index (χ3v) is 6.67. The third kappa shape index (κ3) is 4.15. The number of nitrogens with one attached hydrogen (secondary N) is 1. The van der Waals surface area contributed by atoms with Gasteiger partial charge in [0.2, 0.25) is 0 Å². The number of aromatic nitrogens is 3. The number of hydrogen-bond acceptors (Lipinski definition) is 6. The minimum absolute atomic E-state index is 0.0207. The Hall–Kier alpha value is -3.47. The molecule has 32 heavy (non-hydrogen) atoms. The molecule has 11 heteroatoms. The van der Waals surface area contributed by atoms with Crippen LogP contribution in [0.1, 0.15) is 35.4 Å². The highest BCUT2D eigenvalue weighted by Crippen LogP contribution is 2.30. The smallest absolute Gasteiger partial charge is 0.335 e. The Morgan fingerprint density at radius 3 is 2.72 bits per heavy atom. The second-order valence-electron chi connectivity index (χ2n) is 7.37. The van der Waals surface area contributed by atoms with Gasteiger partial charge in [-0.2, -0.15) is 0 Å². The average Bonchev–Trinajstić information content (AvgIpc) is 3.01. The van der Waals surface area contributed by atoms with Crippen LogP contribution in [0.2, 0.25) is 0 Å². The number of sulfonamides is 1. The lowest BCUT2D eigenvalue weighted by atomic mass is 10.1. The number of carboxylic acids is 1. The van der Waals surface area contributed by atoms with Crippen LogP contribution in [0.25, 0.3) is 11.4 Å². The Kier molecular flexibility index (Phi) is 5.83. The molecule has 3 aromatic rings. The molecule has 1 aromatic heterocycles. The van der Waals surface area contributed by atoms with Crippen molar-refractivity contribution in [1.29, 1.82) is 0 Å². The van der Waals surface area contributed by atoms with Gasteiger partial charge in [-0.15, -0.1) is 10.2 Å². The molecule has 0 radical (unpaired) electrons. The number of carbonyl (C=O) groups is 1. The molecule has 0 atom stereocenters. The number of halogens is 1. The van der Waals surface area contributed by atoms with E-state index >= 15 is 0 Å². The van der Waals surface area contributed by atoms with E-state index in [9.17, 15) is 22.7 Å². The van der Waals surface area contributed by atoms with Crippen molar-refractivity contribution in [2.75, 3.05) is 11.8 Å². The molecule has 0 spiro atoms. The van der Waals surface area contributed by atoms with Gasteiger partial charge in [-0.1, -0.05) is 6.42 Å². The number of ether oxygens (including phenoxy) is 1. The summed E-state index contributed by atoms with van der Waals surface area (Å²) in [4.78, 5) is 10.9. The van der Waals surface area contributed by atoms with Crippen LogP contribution in [0.4, 0.5) is 10.1 Å². The highest BCUT2D eigenvalue weighted by atomic mass is 32.2. The van der Waals surface area contributed by atoms with E-state index in [4.69, 9.17) is 4.74 Å². The van der Waals surface area contributed by atoms with Gasteiger partial charge in [0.25, 0.3) is 10.0 Å². The van der Waals surface area contributed by atoms with E-state index in [1.54, 1.807) is 0 Å². The zero-order valence-corrected chi connectivity index (χ0v) is 18.0. The molecule has 1 aliphatic heterocycles. The van der Waals surface area contributed by atoms with Crippen LogP contribution in [-0.2, 0) is 23.0 Å². The summed E-state index contributed by atoms with van der Waals surface area (Å²) < 4.78 is 50.0. The molecule has 9 nitrogen and oxygen atoms in total. The molecule has 168 valence electrons. The standard InChI is InChI=1S/C21H21FN4O5S/c1-31-17-9-6-13(21(27)28)11-18(17)32(29,30)25-14-7-8-16(22)15(12-14)20-24-23-19-5-3-2-4-10-26(19)20/h6-9,11-12,25H,2-5,10H2,1H3,(H,27,28). The minimum atomic E-state index is -4.24. The topological polar surface area (TPSA) is 123 Å². The molecule has 2 aromatic carbocycles. The Morgan fingerprint density at radius 1 is 1.16 bits per heavy atom. The Morgan fingerprint density at radius 2 is 1.97 bits per heavy atom. The predicted molar refractivity (Wildman–Crippen MR) is 114 cm³/mol. The number of aryl methyl sites for hydroxylation is 1. The number of aromatic carboxylic acids is 1. The number of fused-ring (bicyclic) bond motifs is 1. The Labute approximate surface area is 183 Å². The van der Waals surface area contributed by atoms with Crippen molar-refractivity contribution in [3.05, 3.63) is 53.6 Å². The van der Waals surface area contributed by atoms with Gasteiger partial charge in [0.15, 0.2) is 5.82 Å². The number of carboxylic acid groups (broad SMARTS) is 1. The number of benzene rings is 2. The normalized spacial score (nSPS) is 13.8. The van der Waals surface area contributed by atoms with Crippen LogP contribution in [0.15, 0.2) is 41.3 Å². The molecule has 1 aliphatic rings. The summed E-state index contributed by atoms with van der Waals surface area (Å²) in [7, 11) is -2.96. The lowest BCUT2D eigenvalue weighted by Crippen LogP contribution is -2.15. The Balaban J connectivity index is 1.72. The number of nitrogens with zero attached hydrogens (tertiary/aromatic N) is 3. The van der Waals surface area contributed by atoms with Crippen molar-refractivity contribution in [2.24, 2.45) is 0 Å². The van der Waals surface area contributed by atoms with Crippen LogP contribution < -0.4 is 9.46 Å². The van der Waals surface area contributed by atoms with Gasteiger partial charge in [0, 0.05) is 18.7 Å². The average molecular weight is 460 g/mol. The first-order valence-electron chi connectivity index (χ1n) is 9.96. The molecule has 0 saturated heterocycles. The number of hydrogen-bond donors (Lipinski definition) is 2. The van der Waals surface area contributed by atoms with Crippen LogP contribution in [0, 0.1) is 5.82 Å². The molecule has 2 heterocycles. The zero-order valence-electron chi connectivity index (χ0n) is 17.2. The summed E-state index contributed by atoms with van der Waals surface area (Å²) in [6.07, 6.45) is 3.70. The maximum atomic E-state index is 14.7. The molecule has 0 saturated carbocycles. The lowest BCUT2D eigenvalue weighted by Gasteiger charge is -2.14. The van der Waals surface area contributed by atoms with Gasteiger partial charge in [0.05, 0.1) is 18.2 Å². The Bertz CT molecular complexity index is 1290. The van der Waals surface area contributed by atoms with Crippen LogP contribution in [-0.4, -0.2) is 41.4 Å². The molecule has 0 bridgehead atoms. The van der Waals surface area contributed by atoms with Gasteiger partial charge >= 0.3 is 5.97 Å². The molecule has 0 fully saturated rings. The summed E-state index contributed by atoms with van der Waals surface area (Å²) in [5, 5.41) is 17.5. The summed E-state index contributed by atoms with van der Waals surface area (Å²) in [6, 6.07) is 7.29. The van der Waals surface area contributed by atoms with Gasteiger partial charge in [-0.3, -0.25) is 4.72 Å². The lowest BCUT2D eigenvalue weighted by molar-refractivity contribution is 0.0696. The van der Waals surface area contributed by atoms with E-state index < -0.39 is 21.8 Å². The predicted octanol–water partition coefficient (Wildman–Crippen LogP) is 3.32. The van der Waals surface area contributed by atoms with Crippen LogP contribution >= 0.6 is 0 Å². The van der Waals surface area contributed by atoms with Crippen LogP contribution in [0.5, 0.6) is 5.75 Å². The summed E-state index contributed by atoms with van der Waals surface area (Å²) in [5.74, 6) is -0.741. The van der Waals surface area contributed by atoms with Gasteiger partial charge < -0.3 is 14.4 Å². The fourth-order valence-electron chi connectivity index (χ4n) is 3.67. The molecule has 4 rings (SSSR count). The van der Waals surface area contributed by atoms with Gasteiger partial charge in [-0.25, -0.2) is 17.6 Å². The molecule has 0 aliphatic carbocycles. The maximum absolute atomic E-state index is 14.7. The van der Waals surface area contributed by atoms with Crippen molar-refractivity contribution in [2.45, 2.75) is 37.1 Å². The van der Waals surface area contributed by atoms with Crippen molar-refractivity contribution >= 4 is 21.7 Å². The number of rotatable bonds is 6. The number of methoxy groups -OCH3 is 1. The molecular weight excluding hydrogens is 439 g/mol. The quantitative estimate of drug-likeness (QED) is 0.578. The highest BCUT2D eigenvalue weighted by molar-refractivity contribution is 7.92. The van der Waals surface area contributed by atoms with Crippen molar-refractivity contribution in [3.8, 4) is 17.1 Å².